The second-order valence-corrected chi connectivity index (χ2v) is 5.80. The van der Waals surface area contributed by atoms with Crippen molar-refractivity contribution >= 4 is 5.91 Å². The van der Waals surface area contributed by atoms with Gasteiger partial charge in [-0.05, 0) is 30.7 Å². The Bertz CT molecular complexity index is 696. The number of rotatable bonds is 3. The molecule has 114 valence electrons. The van der Waals surface area contributed by atoms with E-state index in [-0.39, 0.29) is 17.3 Å². The quantitative estimate of drug-likeness (QED) is 0.875. The van der Waals surface area contributed by atoms with Gasteiger partial charge in [-0.2, -0.15) is 0 Å². The summed E-state index contributed by atoms with van der Waals surface area (Å²) < 4.78 is 18.4. The van der Waals surface area contributed by atoms with Gasteiger partial charge < -0.3 is 9.64 Å². The summed E-state index contributed by atoms with van der Waals surface area (Å²) >= 11 is 0. The summed E-state index contributed by atoms with van der Waals surface area (Å²) in [4.78, 5) is 18.3. The molecule has 5 heteroatoms. The molecule has 0 unspecified atom stereocenters. The van der Waals surface area contributed by atoms with Crippen molar-refractivity contribution < 1.29 is 13.9 Å². The van der Waals surface area contributed by atoms with E-state index in [4.69, 9.17) is 4.74 Å². The number of amides is 1. The molecule has 1 aromatic heterocycles. The van der Waals surface area contributed by atoms with Gasteiger partial charge in [-0.3, -0.25) is 9.78 Å². The second-order valence-electron chi connectivity index (χ2n) is 5.80. The average Bonchev–Trinajstić information content (AvgIpc) is 2.51. The van der Waals surface area contributed by atoms with Crippen molar-refractivity contribution in [2.24, 2.45) is 0 Å². The van der Waals surface area contributed by atoms with Crippen LogP contribution < -0.4 is 0 Å². The standard InChI is InChI=1S/C17H17FN2O2/c1-17(10-22-11-17)20(2)16(21)15-7-6-13(9-19-15)12-4-3-5-14(18)8-12/h3-9H,10-11H2,1-2H3. The van der Waals surface area contributed by atoms with Gasteiger partial charge >= 0.3 is 0 Å². The molecule has 1 amide bonds. The first-order valence-corrected chi connectivity index (χ1v) is 7.07. The fourth-order valence-corrected chi connectivity index (χ4v) is 2.37. The van der Waals surface area contributed by atoms with E-state index in [9.17, 15) is 9.18 Å². The number of aromatic nitrogens is 1. The number of hydrogen-bond donors (Lipinski definition) is 0. The molecular formula is C17H17FN2O2. The Morgan fingerprint density at radius 1 is 1.27 bits per heavy atom. The van der Waals surface area contributed by atoms with E-state index in [0.717, 1.165) is 11.1 Å². The molecule has 1 aliphatic rings. The number of halogens is 1. The van der Waals surface area contributed by atoms with Crippen LogP contribution in [0.25, 0.3) is 11.1 Å². The minimum atomic E-state index is -0.296. The first-order valence-electron chi connectivity index (χ1n) is 7.07. The van der Waals surface area contributed by atoms with Gasteiger partial charge in [-0.25, -0.2) is 4.39 Å². The Kier molecular flexibility index (Phi) is 3.66. The lowest BCUT2D eigenvalue weighted by Crippen LogP contribution is -2.60. The highest BCUT2D eigenvalue weighted by atomic mass is 19.1. The molecule has 2 aromatic rings. The van der Waals surface area contributed by atoms with Gasteiger partial charge in [0.1, 0.15) is 11.5 Å². The highest BCUT2D eigenvalue weighted by Crippen LogP contribution is 2.25. The van der Waals surface area contributed by atoms with Crippen LogP contribution in [0.15, 0.2) is 42.6 Å². The van der Waals surface area contributed by atoms with Crippen molar-refractivity contribution in [3.63, 3.8) is 0 Å². The first-order chi connectivity index (χ1) is 10.5. The zero-order valence-electron chi connectivity index (χ0n) is 12.5. The second kappa shape index (κ2) is 5.50. The molecule has 1 aromatic carbocycles. The maximum Gasteiger partial charge on any atom is 0.272 e. The number of carbonyl (C=O) groups excluding carboxylic acids is 1. The first kappa shape index (κ1) is 14.7. The van der Waals surface area contributed by atoms with Gasteiger partial charge in [0.05, 0.1) is 18.8 Å². The van der Waals surface area contributed by atoms with E-state index in [1.54, 1.807) is 42.4 Å². The Hall–Kier alpha value is -2.27. The molecule has 0 atom stereocenters. The largest absolute Gasteiger partial charge is 0.376 e. The average molecular weight is 300 g/mol. The minimum Gasteiger partial charge on any atom is -0.376 e. The lowest BCUT2D eigenvalue weighted by Gasteiger charge is -2.45. The van der Waals surface area contributed by atoms with Gasteiger partial charge in [-0.15, -0.1) is 0 Å². The highest BCUT2D eigenvalue weighted by Gasteiger charge is 2.40. The molecule has 3 rings (SSSR count). The van der Waals surface area contributed by atoms with Crippen LogP contribution in [0.2, 0.25) is 0 Å². The number of carbonyl (C=O) groups is 1. The lowest BCUT2D eigenvalue weighted by molar-refractivity contribution is -0.108. The van der Waals surface area contributed by atoms with Crippen LogP contribution in [0.4, 0.5) is 4.39 Å². The number of ether oxygens (including phenoxy) is 1. The van der Waals surface area contributed by atoms with Gasteiger partial charge in [0, 0.05) is 18.8 Å². The number of nitrogens with zero attached hydrogens (tertiary/aromatic N) is 2. The third-order valence-electron chi connectivity index (χ3n) is 4.08. The molecule has 22 heavy (non-hydrogen) atoms. The Morgan fingerprint density at radius 3 is 2.59 bits per heavy atom. The van der Waals surface area contributed by atoms with Crippen molar-refractivity contribution in [3.8, 4) is 11.1 Å². The van der Waals surface area contributed by atoms with Crippen LogP contribution in [0.3, 0.4) is 0 Å². The van der Waals surface area contributed by atoms with Crippen molar-refractivity contribution in [2.45, 2.75) is 12.5 Å². The molecule has 0 aliphatic carbocycles. The Morgan fingerprint density at radius 2 is 2.05 bits per heavy atom. The summed E-state index contributed by atoms with van der Waals surface area (Å²) in [7, 11) is 1.76. The molecule has 4 nitrogen and oxygen atoms in total. The van der Waals surface area contributed by atoms with Gasteiger partial charge in [0.2, 0.25) is 0 Å². The van der Waals surface area contributed by atoms with Crippen LogP contribution in [-0.2, 0) is 4.74 Å². The monoisotopic (exact) mass is 300 g/mol. The lowest BCUT2D eigenvalue weighted by atomic mass is 9.98. The maximum absolute atomic E-state index is 13.2. The normalized spacial score (nSPS) is 16.0. The molecular weight excluding hydrogens is 283 g/mol. The fourth-order valence-electron chi connectivity index (χ4n) is 2.37. The molecule has 0 bridgehead atoms. The predicted molar refractivity (Wildman–Crippen MR) is 80.9 cm³/mol. The third kappa shape index (κ3) is 2.60. The number of likely N-dealkylation sites (N-methyl/N-ethyl adjacent to an activating group) is 1. The predicted octanol–water partition coefficient (Wildman–Crippen LogP) is 2.75. The van der Waals surface area contributed by atoms with Crippen LogP contribution in [0.1, 0.15) is 17.4 Å². The molecule has 0 spiro atoms. The van der Waals surface area contributed by atoms with E-state index in [2.05, 4.69) is 4.98 Å². The summed E-state index contributed by atoms with van der Waals surface area (Å²) in [6.45, 7) is 3.06. The molecule has 1 aliphatic heterocycles. The molecule has 0 saturated carbocycles. The highest BCUT2D eigenvalue weighted by molar-refractivity contribution is 5.93. The van der Waals surface area contributed by atoms with Crippen molar-refractivity contribution in [3.05, 3.63) is 54.1 Å². The zero-order valence-corrected chi connectivity index (χ0v) is 12.5. The smallest absolute Gasteiger partial charge is 0.272 e. The van der Waals surface area contributed by atoms with Crippen LogP contribution >= 0.6 is 0 Å². The zero-order chi connectivity index (χ0) is 15.7. The molecule has 0 radical (unpaired) electrons. The van der Waals surface area contributed by atoms with Crippen molar-refractivity contribution in [1.29, 1.82) is 0 Å². The van der Waals surface area contributed by atoms with E-state index in [0.29, 0.717) is 18.9 Å². The van der Waals surface area contributed by atoms with E-state index < -0.39 is 0 Å². The Labute approximate surface area is 128 Å². The SMILES string of the molecule is CN(C(=O)c1ccc(-c2cccc(F)c2)cn1)C1(C)COC1. The van der Waals surface area contributed by atoms with Crippen LogP contribution in [-0.4, -0.2) is 41.6 Å². The number of benzene rings is 1. The Balaban J connectivity index is 1.81. The van der Waals surface area contributed by atoms with E-state index >= 15 is 0 Å². The summed E-state index contributed by atoms with van der Waals surface area (Å²) in [6, 6.07) is 9.74. The number of hydrogen-bond acceptors (Lipinski definition) is 3. The van der Waals surface area contributed by atoms with Crippen LogP contribution in [0.5, 0.6) is 0 Å². The summed E-state index contributed by atoms with van der Waals surface area (Å²) in [5.41, 5.74) is 1.62. The summed E-state index contributed by atoms with van der Waals surface area (Å²) in [5.74, 6) is -0.438. The fraction of sp³-hybridized carbons (Fsp3) is 0.294. The van der Waals surface area contributed by atoms with Gasteiger partial charge in [-0.1, -0.05) is 18.2 Å². The van der Waals surface area contributed by atoms with Crippen molar-refractivity contribution in [1.82, 2.24) is 9.88 Å². The summed E-state index contributed by atoms with van der Waals surface area (Å²) in [6.07, 6.45) is 1.59. The van der Waals surface area contributed by atoms with Gasteiger partial charge in [0.25, 0.3) is 5.91 Å². The summed E-state index contributed by atoms with van der Waals surface area (Å²) in [5, 5.41) is 0. The topological polar surface area (TPSA) is 42.4 Å². The van der Waals surface area contributed by atoms with Crippen molar-refractivity contribution in [2.75, 3.05) is 20.3 Å². The molecule has 1 fully saturated rings. The molecule has 2 heterocycles. The van der Waals surface area contributed by atoms with Gasteiger partial charge in [0.15, 0.2) is 0 Å². The van der Waals surface area contributed by atoms with E-state index in [1.165, 1.54) is 12.1 Å². The molecule has 0 N–H and O–H groups in total. The van der Waals surface area contributed by atoms with E-state index in [1.807, 2.05) is 6.92 Å². The number of pyridine rings is 1. The minimum absolute atomic E-state index is 0.142. The third-order valence-corrected chi connectivity index (χ3v) is 4.08. The molecule has 1 saturated heterocycles. The van der Waals surface area contributed by atoms with Crippen LogP contribution in [0, 0.1) is 5.82 Å². The maximum atomic E-state index is 13.2.